The molecule has 2 aromatic rings. The molecule has 7 nitrogen and oxygen atoms in total. The van der Waals surface area contributed by atoms with Gasteiger partial charge in [-0.3, -0.25) is 9.48 Å². The van der Waals surface area contributed by atoms with Crippen molar-refractivity contribution in [2.45, 2.75) is 25.5 Å². The fraction of sp³-hybridized carbons (Fsp3) is 0.438. The first-order valence-corrected chi connectivity index (χ1v) is 7.89. The minimum Gasteiger partial charge on any atom is -0.386 e. The highest BCUT2D eigenvalue weighted by atomic mass is 19.1. The maximum absolute atomic E-state index is 12.9. The first-order valence-electron chi connectivity index (χ1n) is 7.89. The largest absolute Gasteiger partial charge is 0.386 e. The Labute approximate surface area is 139 Å². The van der Waals surface area contributed by atoms with Crippen molar-refractivity contribution in [2.75, 3.05) is 24.5 Å². The van der Waals surface area contributed by atoms with E-state index in [1.807, 2.05) is 11.8 Å². The van der Waals surface area contributed by atoms with Crippen molar-refractivity contribution >= 4 is 11.7 Å². The number of nitrogens with one attached hydrogen (secondary N) is 1. The van der Waals surface area contributed by atoms with Crippen molar-refractivity contribution in [3.05, 3.63) is 42.1 Å². The number of aryl methyl sites for hydroxylation is 1. The van der Waals surface area contributed by atoms with Gasteiger partial charge in [0.25, 0.3) is 5.91 Å². The number of nitrogens with zero attached hydrogens (tertiary/aromatic N) is 4. The number of pyridine rings is 1. The number of hydrogen-bond acceptors (Lipinski definition) is 5. The highest BCUT2D eigenvalue weighted by molar-refractivity contribution is 5.93. The van der Waals surface area contributed by atoms with E-state index in [4.69, 9.17) is 0 Å². The van der Waals surface area contributed by atoms with Crippen LogP contribution in [-0.2, 0) is 6.54 Å². The van der Waals surface area contributed by atoms with Crippen molar-refractivity contribution in [3.63, 3.8) is 0 Å². The number of β-amino-alcohol motifs (C(OH)–C–C–N with tert-alkyl or cyclic N) is 1. The molecule has 0 spiro atoms. The lowest BCUT2D eigenvalue weighted by atomic mass is 10.0. The fourth-order valence-electron chi connectivity index (χ4n) is 2.75. The minimum absolute atomic E-state index is 0.140. The van der Waals surface area contributed by atoms with Gasteiger partial charge in [-0.1, -0.05) is 0 Å². The lowest BCUT2D eigenvalue weighted by Crippen LogP contribution is -2.45. The number of carbonyl (C=O) groups excluding carboxylic acids is 1. The summed E-state index contributed by atoms with van der Waals surface area (Å²) in [5, 5.41) is 17.5. The molecule has 1 unspecified atom stereocenters. The van der Waals surface area contributed by atoms with Gasteiger partial charge in [-0.05, 0) is 25.5 Å². The van der Waals surface area contributed by atoms with Crippen molar-refractivity contribution in [2.24, 2.45) is 0 Å². The van der Waals surface area contributed by atoms with E-state index in [0.717, 1.165) is 6.20 Å². The summed E-state index contributed by atoms with van der Waals surface area (Å²) in [4.78, 5) is 18.0. The van der Waals surface area contributed by atoms with Crippen molar-refractivity contribution < 1.29 is 14.3 Å². The van der Waals surface area contributed by atoms with Crippen LogP contribution < -0.4 is 10.2 Å². The number of halogens is 1. The molecule has 0 aliphatic carbocycles. The van der Waals surface area contributed by atoms with Crippen LogP contribution >= 0.6 is 0 Å². The molecule has 8 heteroatoms. The molecular formula is C16H20FN5O2. The highest BCUT2D eigenvalue weighted by Crippen LogP contribution is 2.25. The Morgan fingerprint density at radius 2 is 2.29 bits per heavy atom. The van der Waals surface area contributed by atoms with Gasteiger partial charge in [-0.2, -0.15) is 5.10 Å². The van der Waals surface area contributed by atoms with Crippen LogP contribution in [0.5, 0.6) is 0 Å². The molecule has 3 heterocycles. The van der Waals surface area contributed by atoms with Crippen LogP contribution in [0.3, 0.4) is 0 Å². The summed E-state index contributed by atoms with van der Waals surface area (Å²) in [7, 11) is 0. The Morgan fingerprint density at radius 1 is 1.46 bits per heavy atom. The molecule has 2 N–H and O–H groups in total. The summed E-state index contributed by atoms with van der Waals surface area (Å²) in [6.07, 6.45) is 4.83. The van der Waals surface area contributed by atoms with Gasteiger partial charge < -0.3 is 15.3 Å². The van der Waals surface area contributed by atoms with Gasteiger partial charge in [0.2, 0.25) is 0 Å². The van der Waals surface area contributed by atoms with Gasteiger partial charge in [-0.25, -0.2) is 9.37 Å². The van der Waals surface area contributed by atoms with E-state index in [-0.39, 0.29) is 12.5 Å². The molecule has 1 saturated heterocycles. The third-order valence-corrected chi connectivity index (χ3v) is 4.17. The predicted octanol–water partition coefficient (Wildman–Crippen LogP) is 0.808. The summed E-state index contributed by atoms with van der Waals surface area (Å²) in [5.74, 6) is -0.0440. The summed E-state index contributed by atoms with van der Waals surface area (Å²) < 4.78 is 14.6. The summed E-state index contributed by atoms with van der Waals surface area (Å²) in [6.45, 7) is 3.70. The highest BCUT2D eigenvalue weighted by Gasteiger charge is 2.37. The predicted molar refractivity (Wildman–Crippen MR) is 86.2 cm³/mol. The second-order valence-electron chi connectivity index (χ2n) is 6.00. The van der Waals surface area contributed by atoms with E-state index < -0.39 is 11.4 Å². The third kappa shape index (κ3) is 3.53. The normalized spacial score (nSPS) is 20.4. The topological polar surface area (TPSA) is 83.3 Å². The first-order chi connectivity index (χ1) is 11.5. The molecule has 0 saturated carbocycles. The second kappa shape index (κ2) is 6.56. The number of carbonyl (C=O) groups is 1. The summed E-state index contributed by atoms with van der Waals surface area (Å²) >= 11 is 0. The number of hydrogen-bond donors (Lipinski definition) is 2. The zero-order valence-electron chi connectivity index (χ0n) is 13.4. The molecule has 1 atom stereocenters. The van der Waals surface area contributed by atoms with Gasteiger partial charge in [0.15, 0.2) is 0 Å². The first kappa shape index (κ1) is 16.4. The molecule has 0 aromatic carbocycles. The van der Waals surface area contributed by atoms with Gasteiger partial charge in [0.05, 0.1) is 18.0 Å². The van der Waals surface area contributed by atoms with Crippen LogP contribution in [0.1, 0.15) is 23.7 Å². The molecule has 1 fully saturated rings. The second-order valence-corrected chi connectivity index (χ2v) is 6.00. The monoisotopic (exact) mass is 333 g/mol. The lowest BCUT2D eigenvalue weighted by Gasteiger charge is -2.24. The Bertz CT molecular complexity index is 718. The molecule has 1 amide bonds. The van der Waals surface area contributed by atoms with E-state index in [1.165, 1.54) is 12.3 Å². The van der Waals surface area contributed by atoms with Crippen LogP contribution in [-0.4, -0.2) is 51.0 Å². The van der Waals surface area contributed by atoms with Crippen molar-refractivity contribution in [1.82, 2.24) is 20.1 Å². The molecule has 0 bridgehead atoms. The SMILES string of the molecule is CCn1cc(C(=O)NCC2(O)CCN(c3ccc(F)cn3)C2)cn1. The van der Waals surface area contributed by atoms with Crippen LogP contribution in [0, 0.1) is 5.82 Å². The van der Waals surface area contributed by atoms with Gasteiger partial charge in [0.1, 0.15) is 17.2 Å². The lowest BCUT2D eigenvalue weighted by molar-refractivity contribution is 0.0575. The quantitative estimate of drug-likeness (QED) is 0.846. The average Bonchev–Trinajstić information content (AvgIpc) is 3.21. The molecule has 128 valence electrons. The van der Waals surface area contributed by atoms with E-state index >= 15 is 0 Å². The third-order valence-electron chi connectivity index (χ3n) is 4.17. The zero-order valence-corrected chi connectivity index (χ0v) is 13.4. The van der Waals surface area contributed by atoms with Crippen LogP contribution in [0.2, 0.25) is 0 Å². The Balaban J connectivity index is 1.57. The number of anilines is 1. The minimum atomic E-state index is -1.04. The fourth-order valence-corrected chi connectivity index (χ4v) is 2.75. The Morgan fingerprint density at radius 3 is 2.96 bits per heavy atom. The molecule has 24 heavy (non-hydrogen) atoms. The van der Waals surface area contributed by atoms with Gasteiger partial charge >= 0.3 is 0 Å². The molecule has 1 aliphatic heterocycles. The smallest absolute Gasteiger partial charge is 0.254 e. The Kier molecular flexibility index (Phi) is 4.48. The van der Waals surface area contributed by atoms with Crippen LogP contribution in [0.15, 0.2) is 30.7 Å². The van der Waals surface area contributed by atoms with E-state index in [2.05, 4.69) is 15.4 Å². The van der Waals surface area contributed by atoms with E-state index in [1.54, 1.807) is 16.9 Å². The molecule has 1 aliphatic rings. The molecule has 0 radical (unpaired) electrons. The van der Waals surface area contributed by atoms with Crippen LogP contribution in [0.4, 0.5) is 10.2 Å². The van der Waals surface area contributed by atoms with Crippen molar-refractivity contribution in [1.29, 1.82) is 0 Å². The average molecular weight is 333 g/mol. The summed E-state index contributed by atoms with van der Waals surface area (Å²) in [5.41, 5.74) is -0.567. The number of rotatable bonds is 5. The molecular weight excluding hydrogens is 313 g/mol. The van der Waals surface area contributed by atoms with E-state index in [9.17, 15) is 14.3 Å². The maximum Gasteiger partial charge on any atom is 0.254 e. The Hall–Kier alpha value is -2.48. The standard InChI is InChI=1S/C16H20FN5O2/c1-2-22-9-12(7-20-22)15(23)19-10-16(24)5-6-21(11-16)14-4-3-13(17)8-18-14/h3-4,7-9,24H,2,5-6,10-11H2,1H3,(H,19,23). The summed E-state index contributed by atoms with van der Waals surface area (Å²) in [6, 6.07) is 2.92. The molecule has 3 rings (SSSR count). The van der Waals surface area contributed by atoms with Gasteiger partial charge in [-0.15, -0.1) is 0 Å². The van der Waals surface area contributed by atoms with Gasteiger partial charge in [0, 0.05) is 32.4 Å². The van der Waals surface area contributed by atoms with E-state index in [0.29, 0.717) is 37.4 Å². The number of aromatic nitrogens is 3. The number of amides is 1. The molecule has 2 aromatic heterocycles. The zero-order chi connectivity index (χ0) is 17.2. The maximum atomic E-state index is 12.9. The number of aliphatic hydroxyl groups is 1. The van der Waals surface area contributed by atoms with Crippen molar-refractivity contribution in [3.8, 4) is 0 Å². The van der Waals surface area contributed by atoms with Crippen LogP contribution in [0.25, 0.3) is 0 Å².